The van der Waals surface area contributed by atoms with Crippen LogP contribution in [-0.2, 0) is 9.53 Å². The lowest BCUT2D eigenvalue weighted by atomic mass is 10.0. The van der Waals surface area contributed by atoms with Crippen molar-refractivity contribution in [3.8, 4) is 5.69 Å². The number of nitro benzene ring substituents is 1. The van der Waals surface area contributed by atoms with E-state index in [-0.39, 0.29) is 18.2 Å². The summed E-state index contributed by atoms with van der Waals surface area (Å²) in [5, 5.41) is 23.2. The second-order valence-corrected chi connectivity index (χ2v) is 7.03. The molecule has 1 heterocycles. The highest BCUT2D eigenvalue weighted by molar-refractivity contribution is 9.10. The Labute approximate surface area is 174 Å². The van der Waals surface area contributed by atoms with Crippen LogP contribution < -0.4 is 0 Å². The van der Waals surface area contributed by atoms with Gasteiger partial charge in [-0.2, -0.15) is 4.68 Å². The van der Waals surface area contributed by atoms with E-state index in [0.717, 1.165) is 4.47 Å². The van der Waals surface area contributed by atoms with Crippen molar-refractivity contribution in [3.05, 3.63) is 74.5 Å². The molecule has 1 aromatic heterocycles. The van der Waals surface area contributed by atoms with Crippen molar-refractivity contribution < 1.29 is 14.5 Å². The van der Waals surface area contributed by atoms with Crippen LogP contribution in [0.3, 0.4) is 0 Å². The molecule has 1 amide bonds. The third-order valence-electron chi connectivity index (χ3n) is 4.25. The summed E-state index contributed by atoms with van der Waals surface area (Å²) < 4.78 is 7.34. The molecule has 0 fully saturated rings. The van der Waals surface area contributed by atoms with Gasteiger partial charge in [0.1, 0.15) is 12.6 Å². The normalized spacial score (nSPS) is 11.8. The Balaban J connectivity index is 2.13. The van der Waals surface area contributed by atoms with E-state index in [9.17, 15) is 14.9 Å². The molecule has 29 heavy (non-hydrogen) atoms. The van der Waals surface area contributed by atoms with Gasteiger partial charge in [0.15, 0.2) is 5.82 Å². The van der Waals surface area contributed by atoms with Crippen molar-refractivity contribution in [1.82, 2.24) is 25.1 Å². The summed E-state index contributed by atoms with van der Waals surface area (Å²) in [5.74, 6) is 0.00846. The predicted octanol–water partition coefficient (Wildman–Crippen LogP) is 2.53. The van der Waals surface area contributed by atoms with Gasteiger partial charge in [-0.1, -0.05) is 28.1 Å². The first-order valence-corrected chi connectivity index (χ1v) is 9.25. The highest BCUT2D eigenvalue weighted by Crippen LogP contribution is 2.30. The zero-order chi connectivity index (χ0) is 21.0. The number of halogens is 1. The summed E-state index contributed by atoms with van der Waals surface area (Å²) in [6, 6.07) is 12.6. The van der Waals surface area contributed by atoms with Gasteiger partial charge in [0, 0.05) is 30.8 Å². The summed E-state index contributed by atoms with van der Waals surface area (Å²) in [7, 11) is 2.99. The Bertz CT molecular complexity index is 1020. The van der Waals surface area contributed by atoms with Gasteiger partial charge in [-0.05, 0) is 40.3 Å². The summed E-state index contributed by atoms with van der Waals surface area (Å²) in [4.78, 5) is 24.7. The minimum absolute atomic E-state index is 0.0947. The van der Waals surface area contributed by atoms with E-state index in [0.29, 0.717) is 17.1 Å². The van der Waals surface area contributed by atoms with Gasteiger partial charge in [0.2, 0.25) is 5.91 Å². The number of aromatic nitrogens is 4. The molecule has 0 aliphatic rings. The summed E-state index contributed by atoms with van der Waals surface area (Å²) in [6.07, 6.45) is 0. The van der Waals surface area contributed by atoms with Crippen LogP contribution in [0.5, 0.6) is 0 Å². The second kappa shape index (κ2) is 8.88. The maximum Gasteiger partial charge on any atom is 0.269 e. The molecular weight excluding hydrogens is 444 g/mol. The lowest BCUT2D eigenvalue weighted by Crippen LogP contribution is -2.36. The molecule has 0 saturated carbocycles. The largest absolute Gasteiger partial charge is 0.375 e. The monoisotopic (exact) mass is 460 g/mol. The topological polar surface area (TPSA) is 116 Å². The van der Waals surface area contributed by atoms with Crippen molar-refractivity contribution in [2.75, 3.05) is 20.8 Å². The number of rotatable bonds is 7. The van der Waals surface area contributed by atoms with Gasteiger partial charge in [0.05, 0.1) is 10.6 Å². The maximum absolute atomic E-state index is 12.5. The number of benzene rings is 2. The Morgan fingerprint density at radius 1 is 1.31 bits per heavy atom. The average Bonchev–Trinajstić information content (AvgIpc) is 3.18. The first-order valence-electron chi connectivity index (χ1n) is 8.45. The number of carbonyl (C=O) groups excluding carboxylic acids is 1. The number of carbonyl (C=O) groups is 1. The number of nitro groups is 1. The van der Waals surface area contributed by atoms with Crippen molar-refractivity contribution >= 4 is 27.5 Å². The molecule has 3 rings (SSSR count). The van der Waals surface area contributed by atoms with Crippen LogP contribution >= 0.6 is 15.9 Å². The number of nitrogens with zero attached hydrogens (tertiary/aromatic N) is 6. The minimum atomic E-state index is -0.767. The Morgan fingerprint density at radius 2 is 2.03 bits per heavy atom. The Morgan fingerprint density at radius 3 is 2.69 bits per heavy atom. The SMILES string of the molecule is COCC(=O)N(C)[C@H](c1cccc([N+](=O)[O-])c1)c1nnnn1-c1ccc(Br)cc1. The molecule has 2 aromatic carbocycles. The Kier molecular flexibility index (Phi) is 6.29. The van der Waals surface area contributed by atoms with Gasteiger partial charge in [-0.3, -0.25) is 14.9 Å². The number of non-ortho nitro benzene ring substituents is 1. The molecule has 0 unspecified atom stereocenters. The molecule has 11 heteroatoms. The summed E-state index contributed by atoms with van der Waals surface area (Å²) in [5.41, 5.74) is 1.08. The quantitative estimate of drug-likeness (QED) is 0.392. The van der Waals surface area contributed by atoms with Gasteiger partial charge in [0.25, 0.3) is 5.69 Å². The molecule has 10 nitrogen and oxygen atoms in total. The lowest BCUT2D eigenvalue weighted by molar-refractivity contribution is -0.384. The molecular formula is C18H17BrN6O4. The minimum Gasteiger partial charge on any atom is -0.375 e. The van der Waals surface area contributed by atoms with E-state index in [1.165, 1.54) is 28.8 Å². The maximum atomic E-state index is 12.5. The number of hydrogen-bond acceptors (Lipinski definition) is 7. The fourth-order valence-corrected chi connectivity index (χ4v) is 3.12. The third-order valence-corrected chi connectivity index (χ3v) is 4.78. The number of likely N-dealkylation sites (N-methyl/N-ethyl adjacent to an activating group) is 1. The molecule has 0 spiro atoms. The number of ether oxygens (including phenoxy) is 1. The highest BCUT2D eigenvalue weighted by Gasteiger charge is 2.30. The van der Waals surface area contributed by atoms with Gasteiger partial charge in [-0.25, -0.2) is 0 Å². The molecule has 0 aliphatic carbocycles. The van der Waals surface area contributed by atoms with E-state index in [4.69, 9.17) is 4.74 Å². The van der Waals surface area contributed by atoms with Gasteiger partial charge >= 0.3 is 0 Å². The van der Waals surface area contributed by atoms with Crippen LogP contribution in [0, 0.1) is 10.1 Å². The van der Waals surface area contributed by atoms with Crippen LogP contribution in [0.25, 0.3) is 5.69 Å². The zero-order valence-electron chi connectivity index (χ0n) is 15.6. The molecule has 0 radical (unpaired) electrons. The van der Waals surface area contributed by atoms with Crippen molar-refractivity contribution in [1.29, 1.82) is 0 Å². The van der Waals surface area contributed by atoms with E-state index in [1.807, 2.05) is 24.3 Å². The fraction of sp³-hybridized carbons (Fsp3) is 0.222. The fourth-order valence-electron chi connectivity index (χ4n) is 2.85. The first kappa shape index (κ1) is 20.6. The first-order chi connectivity index (χ1) is 13.9. The summed E-state index contributed by atoms with van der Waals surface area (Å²) in [6.45, 7) is -0.151. The zero-order valence-corrected chi connectivity index (χ0v) is 17.2. The van der Waals surface area contributed by atoms with Crippen LogP contribution in [-0.4, -0.2) is 56.7 Å². The summed E-state index contributed by atoms with van der Waals surface area (Å²) >= 11 is 3.38. The smallest absolute Gasteiger partial charge is 0.269 e. The predicted molar refractivity (Wildman–Crippen MR) is 106 cm³/mol. The Hall–Kier alpha value is -3.18. The number of tetrazole rings is 1. The standard InChI is InChI=1S/C18H17BrN6O4/c1-23(16(26)11-29-2)17(12-4-3-5-15(10-12)25(27)28)18-20-21-22-24(18)14-8-6-13(19)7-9-14/h3-10,17H,11H2,1-2H3/t17-/m1/s1. The second-order valence-electron chi connectivity index (χ2n) is 6.12. The highest BCUT2D eigenvalue weighted by atomic mass is 79.9. The van der Waals surface area contributed by atoms with E-state index >= 15 is 0 Å². The van der Waals surface area contributed by atoms with Gasteiger partial charge < -0.3 is 9.64 Å². The number of hydrogen-bond donors (Lipinski definition) is 0. The van der Waals surface area contributed by atoms with Crippen LogP contribution in [0.1, 0.15) is 17.4 Å². The van der Waals surface area contributed by atoms with E-state index < -0.39 is 11.0 Å². The van der Waals surface area contributed by atoms with Crippen molar-refractivity contribution in [2.45, 2.75) is 6.04 Å². The molecule has 150 valence electrons. The van der Waals surface area contributed by atoms with Crippen LogP contribution in [0.2, 0.25) is 0 Å². The van der Waals surface area contributed by atoms with Crippen LogP contribution in [0.15, 0.2) is 53.0 Å². The number of methoxy groups -OCH3 is 1. The van der Waals surface area contributed by atoms with Crippen molar-refractivity contribution in [2.24, 2.45) is 0 Å². The molecule has 0 N–H and O–H groups in total. The molecule has 0 saturated heterocycles. The average molecular weight is 461 g/mol. The molecule has 0 aliphatic heterocycles. The molecule has 0 bridgehead atoms. The van der Waals surface area contributed by atoms with Crippen molar-refractivity contribution in [3.63, 3.8) is 0 Å². The third kappa shape index (κ3) is 4.46. The van der Waals surface area contributed by atoms with Gasteiger partial charge in [-0.15, -0.1) is 5.10 Å². The molecule has 1 atom stereocenters. The van der Waals surface area contributed by atoms with Crippen LogP contribution in [0.4, 0.5) is 5.69 Å². The van der Waals surface area contributed by atoms with E-state index in [1.54, 1.807) is 19.2 Å². The van der Waals surface area contributed by atoms with E-state index in [2.05, 4.69) is 31.5 Å². The molecule has 3 aromatic rings. The lowest BCUT2D eigenvalue weighted by Gasteiger charge is -2.27. The number of amides is 1.